The van der Waals surface area contributed by atoms with E-state index in [-0.39, 0.29) is 106 Å². The van der Waals surface area contributed by atoms with E-state index in [1.165, 1.54) is 58.8 Å². The molecule has 0 aliphatic carbocycles. The van der Waals surface area contributed by atoms with Crippen molar-refractivity contribution in [2.45, 2.75) is 0 Å². The number of benzene rings is 1. The molecule has 0 saturated heterocycles. The molecular formula is C19H18N4Na2O8. The third-order valence-corrected chi connectivity index (χ3v) is 3.75. The summed E-state index contributed by atoms with van der Waals surface area (Å²) < 4.78 is 31.3. The van der Waals surface area contributed by atoms with Crippen molar-refractivity contribution in [2.75, 3.05) is 28.4 Å². The van der Waals surface area contributed by atoms with Gasteiger partial charge in [0.25, 0.3) is 0 Å². The van der Waals surface area contributed by atoms with Crippen LogP contribution >= 0.6 is 0 Å². The van der Waals surface area contributed by atoms with Gasteiger partial charge in [-0.1, -0.05) is 6.07 Å². The van der Waals surface area contributed by atoms with Gasteiger partial charge in [0.2, 0.25) is 23.5 Å². The number of carbonyl (C=O) groups is 1. The Morgan fingerprint density at radius 2 is 1.06 bits per heavy atom. The van der Waals surface area contributed by atoms with Gasteiger partial charge in [0.15, 0.2) is 0 Å². The van der Waals surface area contributed by atoms with Crippen LogP contribution in [0.2, 0.25) is 0 Å². The second kappa shape index (κ2) is 13.4. The van der Waals surface area contributed by atoms with Gasteiger partial charge in [-0.3, -0.25) is 0 Å². The van der Waals surface area contributed by atoms with Gasteiger partial charge in [0, 0.05) is 0 Å². The number of hydrogen-bond donors (Lipinski definition) is 0. The molecule has 164 valence electrons. The summed E-state index contributed by atoms with van der Waals surface area (Å²) in [5.74, 6) is -1.26. The van der Waals surface area contributed by atoms with Crippen LogP contribution in [0.4, 0.5) is 0 Å². The number of rotatable bonds is 9. The average Bonchev–Trinajstić information content (AvgIpc) is 2.78. The summed E-state index contributed by atoms with van der Waals surface area (Å²) in [7, 11) is 5.59. The second-order valence-electron chi connectivity index (χ2n) is 5.59. The number of hydrogen-bond acceptors (Lipinski definition) is 12. The zero-order valence-electron chi connectivity index (χ0n) is 17.9. The fourth-order valence-corrected chi connectivity index (χ4v) is 2.36. The Hall–Kier alpha value is -2.35. The van der Waals surface area contributed by atoms with Gasteiger partial charge < -0.3 is 38.3 Å². The maximum atomic E-state index is 11.9. The summed E-state index contributed by atoms with van der Waals surface area (Å²) in [6.45, 7) is 0. The number of nitrogens with zero attached hydrogens (tertiary/aromatic N) is 4. The summed E-state index contributed by atoms with van der Waals surface area (Å²) in [6.07, 6.45) is 0. The second-order valence-corrected chi connectivity index (χ2v) is 5.59. The minimum atomic E-state index is -1.57. The van der Waals surface area contributed by atoms with E-state index in [1.54, 1.807) is 0 Å². The summed E-state index contributed by atoms with van der Waals surface area (Å²) in [4.78, 5) is 27.9. The zero-order chi connectivity index (χ0) is 22.4. The van der Waals surface area contributed by atoms with E-state index in [1.807, 2.05) is 0 Å². The fourth-order valence-electron chi connectivity index (χ4n) is 2.36. The number of ether oxygens (including phenoxy) is 6. The maximum absolute atomic E-state index is 11.9. The Labute approximate surface area is 233 Å². The third-order valence-electron chi connectivity index (χ3n) is 3.75. The molecule has 0 amide bonds. The van der Waals surface area contributed by atoms with E-state index in [0.29, 0.717) is 0 Å². The van der Waals surface area contributed by atoms with E-state index in [4.69, 9.17) is 28.4 Å². The molecule has 2 aromatic heterocycles. The number of carbonyl (C=O) groups excluding carboxylic acids is 1. The molecule has 0 aliphatic heterocycles. The van der Waals surface area contributed by atoms with E-state index in [9.17, 15) is 9.90 Å². The average molecular weight is 476 g/mol. The fraction of sp³-hybridized carbons (Fsp3) is 0.211. The predicted molar refractivity (Wildman–Crippen MR) is 108 cm³/mol. The predicted octanol–water partition coefficient (Wildman–Crippen LogP) is -2.40. The van der Waals surface area contributed by atoms with Gasteiger partial charge >= 0.3 is 71.1 Å². The first-order chi connectivity index (χ1) is 15.0. The normalized spacial score (nSPS) is 9.58. The van der Waals surface area contributed by atoms with Crippen molar-refractivity contribution in [3.05, 3.63) is 35.9 Å². The Bertz CT molecular complexity index is 983. The van der Waals surface area contributed by atoms with Crippen molar-refractivity contribution in [1.82, 2.24) is 19.9 Å². The molecule has 12 nitrogen and oxygen atoms in total. The molecule has 0 fully saturated rings. The molecule has 14 heteroatoms. The van der Waals surface area contributed by atoms with E-state index in [0.717, 1.165) is 0 Å². The molecule has 1 aromatic carbocycles. The van der Waals surface area contributed by atoms with Crippen molar-refractivity contribution in [3.63, 3.8) is 0 Å². The SMILES string of the molecule is COc1cc(OC)nc(Oc2cccc(Oc3nc(OC)cc(OC)n3)c2C(=O)[O-])n1.[Na+].[NaH]. The van der Waals surface area contributed by atoms with E-state index in [2.05, 4.69) is 19.9 Å². The van der Waals surface area contributed by atoms with E-state index >= 15 is 0 Å². The molecule has 33 heavy (non-hydrogen) atoms. The molecule has 0 atom stereocenters. The standard InChI is InChI=1S/C19H18N4O8.2Na.H/c1-26-12-8-13(27-2)21-18(20-12)30-10-6-5-7-11(16(10)17(24)25)31-19-22-14(28-3)9-15(23-19)29-4;;;/h5-9H,1-4H3,(H,24,25);;;/q;;+1;/p-1. The van der Waals surface area contributed by atoms with Crippen LogP contribution < -0.4 is 63.1 Å². The number of aromatic nitrogens is 4. The van der Waals surface area contributed by atoms with E-state index < -0.39 is 11.5 Å². The number of aromatic carboxylic acids is 1. The monoisotopic (exact) mass is 476 g/mol. The van der Waals surface area contributed by atoms with Crippen molar-refractivity contribution < 1.29 is 67.9 Å². The number of carboxylic acids is 1. The van der Waals surface area contributed by atoms with Crippen molar-refractivity contribution >= 4 is 35.5 Å². The van der Waals surface area contributed by atoms with Gasteiger partial charge in [-0.05, 0) is 12.1 Å². The van der Waals surface area contributed by atoms with Crippen LogP contribution in [0.3, 0.4) is 0 Å². The van der Waals surface area contributed by atoms with Crippen LogP contribution in [0.5, 0.6) is 47.0 Å². The first-order valence-electron chi connectivity index (χ1n) is 8.61. The Morgan fingerprint density at radius 3 is 1.33 bits per heavy atom. The number of carboxylic acid groups (broad SMARTS) is 1. The van der Waals surface area contributed by atoms with Crippen LogP contribution in [0.25, 0.3) is 0 Å². The molecule has 0 saturated carbocycles. The molecule has 2 heterocycles. The van der Waals surface area contributed by atoms with Crippen molar-refractivity contribution in [2.24, 2.45) is 0 Å². The van der Waals surface area contributed by atoms with Crippen LogP contribution in [0.1, 0.15) is 10.4 Å². The summed E-state index contributed by atoms with van der Waals surface area (Å²) in [6, 6.07) is 6.68. The molecule has 0 unspecified atom stereocenters. The van der Waals surface area contributed by atoms with Crippen LogP contribution in [0.15, 0.2) is 30.3 Å². The Kier molecular flexibility index (Phi) is 11.6. The molecule has 0 N–H and O–H groups in total. The van der Waals surface area contributed by atoms with Gasteiger partial charge in [0.05, 0.1) is 52.1 Å². The number of methoxy groups -OCH3 is 4. The first-order valence-corrected chi connectivity index (χ1v) is 8.61. The Balaban J connectivity index is 0.00000272. The first kappa shape index (κ1) is 28.7. The molecule has 3 aromatic rings. The van der Waals surface area contributed by atoms with Crippen LogP contribution in [-0.2, 0) is 0 Å². The van der Waals surface area contributed by atoms with Crippen LogP contribution in [-0.4, -0.2) is 83.9 Å². The third kappa shape index (κ3) is 7.32. The zero-order valence-corrected chi connectivity index (χ0v) is 19.9. The molecule has 3 rings (SSSR count). The molecule has 0 spiro atoms. The van der Waals surface area contributed by atoms with Gasteiger partial charge in [0.1, 0.15) is 11.5 Å². The van der Waals surface area contributed by atoms with Crippen molar-refractivity contribution in [1.29, 1.82) is 0 Å². The summed E-state index contributed by atoms with van der Waals surface area (Å²) >= 11 is 0. The molecule has 0 aliphatic rings. The topological polar surface area (TPSA) is 147 Å². The van der Waals surface area contributed by atoms with Crippen molar-refractivity contribution in [3.8, 4) is 47.0 Å². The summed E-state index contributed by atoms with van der Waals surface area (Å²) in [5.41, 5.74) is -0.418. The molecular weight excluding hydrogens is 458 g/mol. The summed E-state index contributed by atoms with van der Waals surface area (Å²) in [5, 5.41) is 11.9. The van der Waals surface area contributed by atoms with Crippen LogP contribution in [0, 0.1) is 0 Å². The minimum absolute atomic E-state index is 0. The Morgan fingerprint density at radius 1 is 0.727 bits per heavy atom. The van der Waals surface area contributed by atoms with Gasteiger partial charge in [-0.25, -0.2) is 0 Å². The molecule has 0 radical (unpaired) electrons. The van der Waals surface area contributed by atoms with Gasteiger partial charge in [-0.15, -0.1) is 0 Å². The molecule has 0 bridgehead atoms. The van der Waals surface area contributed by atoms with Gasteiger partial charge in [-0.2, -0.15) is 19.9 Å². The quantitative estimate of drug-likeness (QED) is 0.303.